The van der Waals surface area contributed by atoms with E-state index in [9.17, 15) is 9.59 Å². The number of cyclic esters (lactones) is 1. The Balaban J connectivity index is 1.41. The average Bonchev–Trinajstić information content (AvgIpc) is 3.39. The van der Waals surface area contributed by atoms with E-state index in [4.69, 9.17) is 4.74 Å². The molecule has 1 aromatic rings. The number of hydrogen-bond acceptors (Lipinski definition) is 6. The van der Waals surface area contributed by atoms with Crippen molar-refractivity contribution in [2.24, 2.45) is 0 Å². The smallest absolute Gasteiger partial charge is 0.410 e. The van der Waals surface area contributed by atoms with Crippen molar-refractivity contribution in [3.63, 3.8) is 0 Å². The lowest BCUT2D eigenvalue weighted by Gasteiger charge is -2.48. The van der Waals surface area contributed by atoms with E-state index < -0.39 is 0 Å². The van der Waals surface area contributed by atoms with Gasteiger partial charge in [0.05, 0.1) is 6.54 Å². The van der Waals surface area contributed by atoms with Crippen LogP contribution in [0.4, 0.5) is 4.79 Å². The zero-order valence-electron chi connectivity index (χ0n) is 17.3. The Hall–Kier alpha value is -1.64. The molecule has 0 aliphatic carbocycles. The molecule has 1 aromatic heterocycles. The van der Waals surface area contributed by atoms with Crippen LogP contribution in [0.1, 0.15) is 38.2 Å². The predicted molar refractivity (Wildman–Crippen MR) is 113 cm³/mol. The van der Waals surface area contributed by atoms with E-state index in [-0.39, 0.29) is 30.1 Å². The fourth-order valence-corrected chi connectivity index (χ4v) is 5.48. The summed E-state index contributed by atoms with van der Waals surface area (Å²) in [6.45, 7) is 8.24. The fourth-order valence-electron chi connectivity index (χ4n) is 4.82. The Kier molecular flexibility index (Phi) is 6.41. The van der Waals surface area contributed by atoms with Crippen LogP contribution in [0.5, 0.6) is 0 Å². The predicted octanol–water partition coefficient (Wildman–Crippen LogP) is 2.14. The second-order valence-corrected chi connectivity index (χ2v) is 9.43. The molecule has 0 radical (unpaired) electrons. The molecule has 0 unspecified atom stereocenters. The van der Waals surface area contributed by atoms with Gasteiger partial charge in [-0.15, -0.1) is 0 Å². The van der Waals surface area contributed by atoms with Gasteiger partial charge in [-0.05, 0) is 68.1 Å². The number of thiophene rings is 1. The number of carbonyl (C=O) groups is 2. The summed E-state index contributed by atoms with van der Waals surface area (Å²) < 4.78 is 5.00. The summed E-state index contributed by atoms with van der Waals surface area (Å²) >= 11 is 1.66. The van der Waals surface area contributed by atoms with Crippen molar-refractivity contribution in [1.82, 2.24) is 20.0 Å². The molecule has 1 N–H and O–H groups in total. The third-order valence-corrected chi connectivity index (χ3v) is 7.51. The van der Waals surface area contributed by atoms with Gasteiger partial charge in [0.1, 0.15) is 13.2 Å². The minimum atomic E-state index is -0.373. The molecule has 0 bridgehead atoms. The van der Waals surface area contributed by atoms with Crippen LogP contribution in [-0.2, 0) is 16.1 Å². The third-order valence-electron chi connectivity index (χ3n) is 6.77. The molecule has 160 valence electrons. The van der Waals surface area contributed by atoms with Crippen molar-refractivity contribution < 1.29 is 14.3 Å². The van der Waals surface area contributed by atoms with Gasteiger partial charge >= 0.3 is 6.09 Å². The molecular formula is C21H32N4O3S. The maximum atomic E-state index is 13.2. The molecule has 29 heavy (non-hydrogen) atoms. The highest BCUT2D eigenvalue weighted by molar-refractivity contribution is 7.07. The number of piperidine rings is 2. The molecule has 0 aromatic carbocycles. The Labute approximate surface area is 177 Å². The maximum Gasteiger partial charge on any atom is 0.410 e. The number of nitrogens with one attached hydrogen (secondary N) is 1. The number of hydrogen-bond donors (Lipinski definition) is 1. The van der Waals surface area contributed by atoms with Gasteiger partial charge < -0.3 is 15.0 Å². The number of rotatable bonds is 6. The lowest BCUT2D eigenvalue weighted by molar-refractivity contribution is -0.136. The first kappa shape index (κ1) is 20.6. The number of carbonyl (C=O) groups excluding carboxylic acids is 2. The van der Waals surface area contributed by atoms with Crippen molar-refractivity contribution in [3.8, 4) is 0 Å². The highest BCUT2D eigenvalue weighted by atomic mass is 32.1. The molecule has 3 aliphatic heterocycles. The summed E-state index contributed by atoms with van der Waals surface area (Å²) in [7, 11) is 0. The summed E-state index contributed by atoms with van der Waals surface area (Å²) in [4.78, 5) is 31.1. The number of amides is 2. The van der Waals surface area contributed by atoms with Crippen LogP contribution < -0.4 is 5.32 Å². The van der Waals surface area contributed by atoms with Gasteiger partial charge in [0.25, 0.3) is 0 Å². The first-order chi connectivity index (χ1) is 14.0. The van der Waals surface area contributed by atoms with Gasteiger partial charge in [-0.25, -0.2) is 4.79 Å². The molecule has 8 heteroatoms. The zero-order chi connectivity index (χ0) is 20.3. The quantitative estimate of drug-likeness (QED) is 0.764. The van der Waals surface area contributed by atoms with Crippen molar-refractivity contribution in [2.45, 2.75) is 50.7 Å². The third kappa shape index (κ3) is 4.75. The van der Waals surface area contributed by atoms with Crippen molar-refractivity contribution in [3.05, 3.63) is 22.4 Å². The van der Waals surface area contributed by atoms with E-state index >= 15 is 0 Å². The monoisotopic (exact) mass is 420 g/mol. The molecule has 2 amide bonds. The Bertz CT molecular complexity index is 697. The molecule has 0 saturated carbocycles. The van der Waals surface area contributed by atoms with Crippen molar-refractivity contribution in [2.75, 3.05) is 45.9 Å². The van der Waals surface area contributed by atoms with Crippen LogP contribution in [0.25, 0.3) is 0 Å². The van der Waals surface area contributed by atoms with Gasteiger partial charge in [-0.1, -0.05) is 0 Å². The van der Waals surface area contributed by atoms with E-state index in [0.717, 1.165) is 39.0 Å². The topological polar surface area (TPSA) is 65.1 Å². The first-order valence-electron chi connectivity index (χ1n) is 10.7. The Morgan fingerprint density at radius 2 is 2.07 bits per heavy atom. The minimum absolute atomic E-state index is 0.0292. The van der Waals surface area contributed by atoms with Crippen LogP contribution >= 0.6 is 11.3 Å². The summed E-state index contributed by atoms with van der Waals surface area (Å²) in [6.07, 6.45) is 3.98. The highest BCUT2D eigenvalue weighted by Gasteiger charge is 2.38. The second-order valence-electron chi connectivity index (χ2n) is 8.65. The molecule has 4 rings (SSSR count). The lowest BCUT2D eigenvalue weighted by Crippen LogP contribution is -2.57. The van der Waals surface area contributed by atoms with Crippen LogP contribution in [0.2, 0.25) is 0 Å². The van der Waals surface area contributed by atoms with Gasteiger partial charge in [0.2, 0.25) is 5.91 Å². The zero-order valence-corrected chi connectivity index (χ0v) is 18.1. The second kappa shape index (κ2) is 9.02. The SMILES string of the molecule is CC1(N2CCC(N(Cc3ccsc3)C(=O)CN3CCOC3=O)CC2)CCNCC1. The molecular weight excluding hydrogens is 388 g/mol. The largest absolute Gasteiger partial charge is 0.448 e. The highest BCUT2D eigenvalue weighted by Crippen LogP contribution is 2.30. The van der Waals surface area contributed by atoms with E-state index in [0.29, 0.717) is 19.7 Å². The number of ether oxygens (including phenoxy) is 1. The van der Waals surface area contributed by atoms with E-state index in [1.54, 1.807) is 11.3 Å². The molecule has 3 saturated heterocycles. The van der Waals surface area contributed by atoms with Gasteiger partial charge in [0, 0.05) is 31.2 Å². The number of nitrogens with zero attached hydrogens (tertiary/aromatic N) is 3. The summed E-state index contributed by atoms with van der Waals surface area (Å²) in [5.41, 5.74) is 1.44. The lowest BCUT2D eigenvalue weighted by atomic mass is 9.86. The van der Waals surface area contributed by atoms with E-state index in [2.05, 4.69) is 34.0 Å². The molecule has 3 fully saturated rings. The van der Waals surface area contributed by atoms with Crippen LogP contribution in [0.3, 0.4) is 0 Å². The number of likely N-dealkylation sites (tertiary alicyclic amines) is 1. The van der Waals surface area contributed by atoms with E-state index in [1.807, 2.05) is 4.90 Å². The Morgan fingerprint density at radius 3 is 2.69 bits per heavy atom. The first-order valence-corrected chi connectivity index (χ1v) is 11.7. The average molecular weight is 421 g/mol. The van der Waals surface area contributed by atoms with Crippen LogP contribution in [0, 0.1) is 0 Å². The minimum Gasteiger partial charge on any atom is -0.448 e. The summed E-state index contributed by atoms with van der Waals surface area (Å²) in [6, 6.07) is 2.31. The maximum absolute atomic E-state index is 13.2. The fraction of sp³-hybridized carbons (Fsp3) is 0.714. The van der Waals surface area contributed by atoms with Gasteiger partial charge in [-0.2, -0.15) is 11.3 Å². The standard InChI is InChI=1S/C21H32N4O3S/c1-21(5-7-22-8-6-21)24-9-2-18(3-10-24)25(14-17-4-13-29-16-17)19(26)15-23-11-12-28-20(23)27/h4,13,16,18,22H,2-3,5-12,14-15H2,1H3. The van der Waals surface area contributed by atoms with E-state index in [1.165, 1.54) is 23.3 Å². The molecule has 3 aliphatic rings. The van der Waals surface area contributed by atoms with Crippen molar-refractivity contribution >= 4 is 23.3 Å². The van der Waals surface area contributed by atoms with Gasteiger partial charge in [0.15, 0.2) is 0 Å². The van der Waals surface area contributed by atoms with Crippen LogP contribution in [0.15, 0.2) is 16.8 Å². The summed E-state index contributed by atoms with van der Waals surface area (Å²) in [5.74, 6) is 0.0292. The Morgan fingerprint density at radius 1 is 1.31 bits per heavy atom. The normalized spacial score (nSPS) is 23.2. The molecule has 0 atom stereocenters. The molecule has 0 spiro atoms. The summed E-state index contributed by atoms with van der Waals surface area (Å²) in [5, 5.41) is 7.62. The van der Waals surface area contributed by atoms with Gasteiger partial charge in [-0.3, -0.25) is 14.6 Å². The molecule has 7 nitrogen and oxygen atoms in total. The van der Waals surface area contributed by atoms with Crippen LogP contribution in [-0.4, -0.2) is 84.2 Å². The molecule has 4 heterocycles. The van der Waals surface area contributed by atoms with Crippen molar-refractivity contribution in [1.29, 1.82) is 0 Å².